The molecule has 3 heterocycles. The first-order chi connectivity index (χ1) is 14.6. The van der Waals surface area contributed by atoms with Crippen molar-refractivity contribution in [2.75, 3.05) is 12.4 Å². The number of nitrogens with zero attached hydrogens (tertiary/aromatic N) is 6. The Balaban J connectivity index is 0.00000181. The number of nitrogens with one attached hydrogen (secondary N) is 2. The van der Waals surface area contributed by atoms with E-state index < -0.39 is 5.91 Å². The molecule has 0 spiro atoms. The van der Waals surface area contributed by atoms with Gasteiger partial charge in [0.25, 0.3) is 5.91 Å². The quantitative estimate of drug-likeness (QED) is 0.352. The average molecular weight is 481 g/mol. The molecule has 0 unspecified atom stereocenters. The molecule has 0 fully saturated rings. The van der Waals surface area contributed by atoms with Crippen LogP contribution in [0.15, 0.2) is 69.2 Å². The summed E-state index contributed by atoms with van der Waals surface area (Å²) < 4.78 is 6.79. The maximum Gasteiger partial charge on any atom is 1.00 e. The molecule has 13 heteroatoms. The number of carbonyl (C=O) groups excluding carboxylic acids is 1. The molecule has 0 aliphatic rings. The minimum absolute atomic E-state index is 0. The number of hydrogen-bond donors (Lipinski definition) is 2. The largest absolute Gasteiger partial charge is 1.00 e. The maximum atomic E-state index is 12.9. The Kier molecular flexibility index (Phi) is 8.65. The van der Waals surface area contributed by atoms with E-state index in [4.69, 9.17) is 4.74 Å². The first kappa shape index (κ1) is 23.9. The van der Waals surface area contributed by atoms with Crippen molar-refractivity contribution in [1.82, 2.24) is 34.9 Å². The smallest absolute Gasteiger partial charge is 1.00 e. The number of amides is 1. The Bertz CT molecular complexity index is 1160. The van der Waals surface area contributed by atoms with Crippen LogP contribution < -0.4 is 61.4 Å². The molecular weight excluding hydrogens is 463 g/mol. The Morgan fingerprint density at radius 1 is 1.19 bits per heavy atom. The van der Waals surface area contributed by atoms with E-state index >= 15 is 0 Å². The van der Waals surface area contributed by atoms with E-state index in [0.29, 0.717) is 21.0 Å². The molecule has 0 saturated heterocycles. The van der Waals surface area contributed by atoms with Gasteiger partial charge in [-0.25, -0.2) is 15.0 Å². The molecule has 1 amide bonds. The third kappa shape index (κ3) is 6.38. The second kappa shape index (κ2) is 11.2. The van der Waals surface area contributed by atoms with Crippen LogP contribution in [0, 0.1) is 0 Å². The Hall–Kier alpha value is -1.74. The Morgan fingerprint density at radius 3 is 2.65 bits per heavy atom. The minimum Gasteiger partial charge on any atom is -1.00 e. The molecule has 154 valence electrons. The van der Waals surface area contributed by atoms with E-state index in [0.717, 1.165) is 10.6 Å². The molecule has 0 aliphatic carbocycles. The minimum atomic E-state index is -0.405. The number of ether oxygens (including phenoxy) is 1. The van der Waals surface area contributed by atoms with Gasteiger partial charge in [-0.15, -0.1) is 0 Å². The first-order valence-electron chi connectivity index (χ1n) is 8.64. The van der Waals surface area contributed by atoms with Crippen molar-refractivity contribution in [1.29, 1.82) is 0 Å². The van der Waals surface area contributed by atoms with E-state index in [1.54, 1.807) is 37.3 Å². The average Bonchev–Trinajstić information content (AvgIpc) is 3.41. The summed E-state index contributed by atoms with van der Waals surface area (Å²) in [6.07, 6.45) is 4.74. The first-order valence-corrected chi connectivity index (χ1v) is 10.3. The van der Waals surface area contributed by atoms with Gasteiger partial charge < -0.3 is 11.5 Å². The van der Waals surface area contributed by atoms with Gasteiger partial charge in [0.05, 0.1) is 13.3 Å². The maximum absolute atomic E-state index is 12.9. The summed E-state index contributed by atoms with van der Waals surface area (Å²) in [5.41, 5.74) is 0.186. The van der Waals surface area contributed by atoms with Gasteiger partial charge in [0, 0.05) is 24.2 Å². The van der Waals surface area contributed by atoms with E-state index in [9.17, 15) is 4.79 Å². The normalized spacial score (nSPS) is 10.4. The molecule has 0 aliphatic heterocycles. The number of benzene rings is 1. The van der Waals surface area contributed by atoms with E-state index in [1.165, 1.54) is 29.9 Å². The van der Waals surface area contributed by atoms with Crippen LogP contribution in [0.1, 0.15) is 11.9 Å². The SMILES string of the molecule is COc1ccc(Sc2ncc(Sc3ncn[nH]3)nc2C(=O)Nc2ccn(C)n2)cc1.[H-].[K+]. The van der Waals surface area contributed by atoms with Crippen molar-refractivity contribution in [2.24, 2.45) is 7.05 Å². The molecule has 4 aromatic rings. The topological polar surface area (TPSA) is 124 Å². The van der Waals surface area contributed by atoms with Crippen LogP contribution >= 0.6 is 23.5 Å². The number of aromatic nitrogens is 7. The summed E-state index contributed by atoms with van der Waals surface area (Å²) in [6, 6.07) is 9.18. The van der Waals surface area contributed by atoms with Gasteiger partial charge in [-0.05, 0) is 36.0 Å². The summed E-state index contributed by atoms with van der Waals surface area (Å²) in [6.45, 7) is 0. The van der Waals surface area contributed by atoms with Crippen molar-refractivity contribution in [3.63, 3.8) is 0 Å². The summed E-state index contributed by atoms with van der Waals surface area (Å²) in [4.78, 5) is 26.9. The van der Waals surface area contributed by atoms with Crippen LogP contribution in [0.4, 0.5) is 5.82 Å². The fourth-order valence-electron chi connectivity index (χ4n) is 2.39. The van der Waals surface area contributed by atoms with Crippen molar-refractivity contribution >= 4 is 35.2 Å². The number of methoxy groups -OCH3 is 1. The third-order valence-electron chi connectivity index (χ3n) is 3.76. The number of hydrogen-bond acceptors (Lipinski definition) is 9. The molecule has 4 rings (SSSR count). The van der Waals surface area contributed by atoms with Crippen LogP contribution in [0.5, 0.6) is 5.75 Å². The van der Waals surface area contributed by atoms with Gasteiger partial charge in [-0.1, -0.05) is 11.8 Å². The standard InChI is InChI=1S/C18H16N8O2S2.K.H/c1-26-8-7-13(25-26)22-16(27)15-17(29-12-5-3-11(28-2)4-6-12)19-9-14(23-15)30-18-20-10-21-24-18;;/h3-10H,1-2H3,(H,20,21,24)(H,22,25,27);;/q;+1;-1. The van der Waals surface area contributed by atoms with Gasteiger partial charge >= 0.3 is 51.4 Å². The van der Waals surface area contributed by atoms with Gasteiger partial charge in [-0.3, -0.25) is 14.6 Å². The second-order valence-corrected chi connectivity index (χ2v) is 7.93. The monoisotopic (exact) mass is 480 g/mol. The van der Waals surface area contributed by atoms with Gasteiger partial charge in [0.2, 0.25) is 0 Å². The van der Waals surface area contributed by atoms with E-state index in [2.05, 4.69) is 35.6 Å². The summed E-state index contributed by atoms with van der Waals surface area (Å²) >= 11 is 2.56. The van der Waals surface area contributed by atoms with Gasteiger partial charge in [0.15, 0.2) is 16.7 Å². The number of aryl methyl sites for hydroxylation is 1. The molecular formula is C18H17KN8O2S2. The number of rotatable bonds is 7. The van der Waals surface area contributed by atoms with Gasteiger partial charge in [-0.2, -0.15) is 10.2 Å². The van der Waals surface area contributed by atoms with Crippen LogP contribution in [0.3, 0.4) is 0 Å². The fourth-order valence-corrected chi connectivity index (χ4v) is 3.86. The summed E-state index contributed by atoms with van der Waals surface area (Å²) in [5, 5.41) is 15.0. The number of anilines is 1. The second-order valence-electron chi connectivity index (χ2n) is 5.86. The zero-order valence-electron chi connectivity index (χ0n) is 17.9. The van der Waals surface area contributed by atoms with Crippen molar-refractivity contribution < 1.29 is 62.3 Å². The molecule has 0 atom stereocenters. The summed E-state index contributed by atoms with van der Waals surface area (Å²) in [5.74, 6) is 0.771. The van der Waals surface area contributed by atoms with Crippen molar-refractivity contribution in [3.8, 4) is 5.75 Å². The number of H-pyrrole nitrogens is 1. The van der Waals surface area contributed by atoms with Crippen LogP contribution in [-0.4, -0.2) is 47.9 Å². The van der Waals surface area contributed by atoms with Gasteiger partial charge in [0.1, 0.15) is 22.1 Å². The van der Waals surface area contributed by atoms with Crippen LogP contribution in [-0.2, 0) is 7.05 Å². The van der Waals surface area contributed by atoms with E-state index in [-0.39, 0.29) is 58.5 Å². The molecule has 0 bridgehead atoms. The Morgan fingerprint density at radius 2 is 2.00 bits per heavy atom. The molecule has 10 nitrogen and oxygen atoms in total. The summed E-state index contributed by atoms with van der Waals surface area (Å²) in [7, 11) is 3.38. The van der Waals surface area contributed by atoms with Crippen molar-refractivity contribution in [2.45, 2.75) is 20.1 Å². The molecule has 1 aromatic carbocycles. The molecule has 0 radical (unpaired) electrons. The Labute approximate surface area is 230 Å². The van der Waals surface area contributed by atoms with E-state index in [1.807, 2.05) is 24.3 Å². The van der Waals surface area contributed by atoms with Crippen LogP contribution in [0.2, 0.25) is 0 Å². The number of carbonyl (C=O) groups is 1. The number of aromatic amines is 1. The van der Waals surface area contributed by atoms with Crippen molar-refractivity contribution in [3.05, 3.63) is 54.7 Å². The zero-order chi connectivity index (χ0) is 20.9. The fraction of sp³-hybridized carbons (Fsp3) is 0.111. The third-order valence-corrected chi connectivity index (χ3v) is 5.55. The van der Waals surface area contributed by atoms with Crippen LogP contribution in [0.25, 0.3) is 0 Å². The predicted octanol–water partition coefficient (Wildman–Crippen LogP) is 0.00800. The molecule has 0 saturated carbocycles. The zero-order valence-corrected chi connectivity index (χ0v) is 21.7. The predicted molar refractivity (Wildman–Crippen MR) is 112 cm³/mol. The molecule has 2 N–H and O–H groups in total. The molecule has 31 heavy (non-hydrogen) atoms. The molecule has 3 aromatic heterocycles.